The fourth-order valence-corrected chi connectivity index (χ4v) is 1.80. The molecule has 0 saturated heterocycles. The second-order valence-electron chi connectivity index (χ2n) is 2.83. The van der Waals surface area contributed by atoms with Crippen molar-refractivity contribution in [3.05, 3.63) is 21.9 Å². The number of aromatic carboxylic acids is 1. The quantitative estimate of drug-likeness (QED) is 0.782. The lowest BCUT2D eigenvalue weighted by atomic mass is 10.4. The zero-order valence-corrected chi connectivity index (χ0v) is 8.87. The highest BCUT2D eigenvalue weighted by molar-refractivity contribution is 7.15. The minimum atomic E-state index is -1.03. The van der Waals surface area contributed by atoms with Crippen molar-refractivity contribution in [2.75, 3.05) is 13.6 Å². The third-order valence-corrected chi connectivity index (χ3v) is 2.76. The summed E-state index contributed by atoms with van der Waals surface area (Å²) in [6, 6.07) is 2.90. The number of amides is 1. The molecule has 1 aromatic heterocycles. The van der Waals surface area contributed by atoms with Crippen LogP contribution in [0.2, 0.25) is 0 Å². The number of nitrogens with zero attached hydrogens (tertiary/aromatic N) is 1. The Labute approximate surface area is 91.1 Å². The van der Waals surface area contributed by atoms with Gasteiger partial charge in [0.15, 0.2) is 0 Å². The van der Waals surface area contributed by atoms with E-state index in [1.54, 1.807) is 7.05 Å². The van der Waals surface area contributed by atoms with Crippen molar-refractivity contribution in [1.29, 1.82) is 0 Å². The number of hydrogen-bond acceptors (Lipinski definition) is 3. The van der Waals surface area contributed by atoms with Gasteiger partial charge in [0.2, 0.25) is 0 Å². The van der Waals surface area contributed by atoms with E-state index in [4.69, 9.17) is 11.5 Å². The van der Waals surface area contributed by atoms with Crippen molar-refractivity contribution in [1.82, 2.24) is 4.90 Å². The van der Waals surface area contributed by atoms with Crippen molar-refractivity contribution < 1.29 is 14.7 Å². The fourth-order valence-electron chi connectivity index (χ4n) is 0.965. The van der Waals surface area contributed by atoms with Crippen LogP contribution in [-0.4, -0.2) is 35.5 Å². The largest absolute Gasteiger partial charge is 0.477 e. The number of rotatable bonds is 3. The minimum absolute atomic E-state index is 0.146. The summed E-state index contributed by atoms with van der Waals surface area (Å²) in [5.74, 6) is 1.05. The highest BCUT2D eigenvalue weighted by atomic mass is 32.1. The summed E-state index contributed by atoms with van der Waals surface area (Å²) in [6.45, 7) is 0.207. The Kier molecular flexibility index (Phi) is 3.47. The van der Waals surface area contributed by atoms with Crippen molar-refractivity contribution in [3.63, 3.8) is 0 Å². The van der Waals surface area contributed by atoms with Gasteiger partial charge in [0.1, 0.15) is 4.88 Å². The summed E-state index contributed by atoms with van der Waals surface area (Å²) in [5, 5.41) is 8.68. The van der Waals surface area contributed by atoms with E-state index in [0.717, 1.165) is 11.3 Å². The van der Waals surface area contributed by atoms with Gasteiger partial charge < -0.3 is 10.0 Å². The first-order chi connectivity index (χ1) is 7.06. The van der Waals surface area contributed by atoms with Crippen LogP contribution in [0.5, 0.6) is 0 Å². The maximum atomic E-state index is 11.6. The molecule has 1 amide bonds. The Balaban J connectivity index is 2.84. The van der Waals surface area contributed by atoms with Crippen molar-refractivity contribution in [2.24, 2.45) is 0 Å². The molecule has 78 valence electrons. The van der Waals surface area contributed by atoms with Crippen LogP contribution in [0.25, 0.3) is 0 Å². The highest BCUT2D eigenvalue weighted by Crippen LogP contribution is 2.17. The predicted molar refractivity (Wildman–Crippen MR) is 57.1 cm³/mol. The third-order valence-electron chi connectivity index (χ3n) is 1.70. The lowest BCUT2D eigenvalue weighted by molar-refractivity contribution is 0.0701. The lowest BCUT2D eigenvalue weighted by Gasteiger charge is -2.11. The molecule has 0 aliphatic carbocycles. The summed E-state index contributed by atoms with van der Waals surface area (Å²) in [6.07, 6.45) is 5.06. The minimum Gasteiger partial charge on any atom is -0.477 e. The van der Waals surface area contributed by atoms with E-state index in [1.165, 1.54) is 17.0 Å². The Bertz CT molecular complexity index is 430. The Morgan fingerprint density at radius 1 is 1.53 bits per heavy atom. The summed E-state index contributed by atoms with van der Waals surface area (Å²) in [5.41, 5.74) is 0. The zero-order chi connectivity index (χ0) is 11.4. The summed E-state index contributed by atoms with van der Waals surface area (Å²) >= 11 is 0.944. The van der Waals surface area contributed by atoms with Gasteiger partial charge in [-0.1, -0.05) is 5.92 Å². The summed E-state index contributed by atoms with van der Waals surface area (Å²) < 4.78 is 0. The van der Waals surface area contributed by atoms with Gasteiger partial charge in [-0.2, -0.15) is 0 Å². The number of thiophene rings is 1. The van der Waals surface area contributed by atoms with Crippen LogP contribution in [-0.2, 0) is 0 Å². The van der Waals surface area contributed by atoms with Gasteiger partial charge in [-0.25, -0.2) is 4.79 Å². The molecule has 0 bridgehead atoms. The molecule has 0 aromatic carbocycles. The molecule has 0 aliphatic rings. The zero-order valence-electron chi connectivity index (χ0n) is 8.06. The molecule has 0 radical (unpaired) electrons. The molecule has 1 rings (SSSR count). The maximum Gasteiger partial charge on any atom is 0.345 e. The molecule has 5 heteroatoms. The first-order valence-electron chi connectivity index (χ1n) is 4.08. The van der Waals surface area contributed by atoms with E-state index in [1.807, 2.05) is 0 Å². The number of carboxylic acid groups (broad SMARTS) is 1. The topological polar surface area (TPSA) is 57.6 Å². The molecule has 4 nitrogen and oxygen atoms in total. The van der Waals surface area contributed by atoms with E-state index in [2.05, 4.69) is 5.92 Å². The van der Waals surface area contributed by atoms with Gasteiger partial charge in [0.05, 0.1) is 11.4 Å². The molecule has 0 aliphatic heterocycles. The second-order valence-corrected chi connectivity index (χ2v) is 3.92. The molecule has 0 saturated carbocycles. The maximum absolute atomic E-state index is 11.6. The normalized spacial score (nSPS) is 9.33. The van der Waals surface area contributed by atoms with E-state index in [9.17, 15) is 9.59 Å². The van der Waals surface area contributed by atoms with Gasteiger partial charge in [-0.3, -0.25) is 4.79 Å². The van der Waals surface area contributed by atoms with Crippen LogP contribution in [0.15, 0.2) is 12.1 Å². The average Bonchev–Trinajstić information content (AvgIpc) is 2.65. The van der Waals surface area contributed by atoms with Crippen LogP contribution in [0.3, 0.4) is 0 Å². The van der Waals surface area contributed by atoms with Crippen LogP contribution in [0, 0.1) is 12.3 Å². The molecule has 1 N–H and O–H groups in total. The number of hydrogen-bond donors (Lipinski definition) is 1. The summed E-state index contributed by atoms with van der Waals surface area (Å²) in [4.78, 5) is 24.1. The number of carboxylic acids is 1. The van der Waals surface area contributed by atoms with Crippen molar-refractivity contribution >= 4 is 23.2 Å². The molecule has 0 unspecified atom stereocenters. The number of terminal acetylenes is 1. The fraction of sp³-hybridized carbons (Fsp3) is 0.200. The molecule has 1 heterocycles. The van der Waals surface area contributed by atoms with Gasteiger partial charge in [0.25, 0.3) is 5.91 Å². The number of carbonyl (C=O) groups excluding carboxylic acids is 1. The van der Waals surface area contributed by atoms with Gasteiger partial charge in [0, 0.05) is 7.05 Å². The van der Waals surface area contributed by atoms with Crippen LogP contribution < -0.4 is 0 Å². The van der Waals surface area contributed by atoms with E-state index >= 15 is 0 Å². The lowest BCUT2D eigenvalue weighted by Crippen LogP contribution is -2.26. The molecule has 15 heavy (non-hydrogen) atoms. The van der Waals surface area contributed by atoms with Gasteiger partial charge >= 0.3 is 5.97 Å². The number of carbonyl (C=O) groups is 2. The highest BCUT2D eigenvalue weighted by Gasteiger charge is 2.15. The Morgan fingerprint density at radius 2 is 2.13 bits per heavy atom. The third kappa shape index (κ3) is 2.58. The molecular weight excluding hydrogens is 214 g/mol. The SMILES string of the molecule is C#CCN(C)C(=O)c1ccc(C(=O)O)s1. The molecule has 0 fully saturated rings. The van der Waals surface area contributed by atoms with Crippen LogP contribution >= 0.6 is 11.3 Å². The van der Waals surface area contributed by atoms with E-state index in [-0.39, 0.29) is 17.3 Å². The molecular formula is C10H9NO3S. The first-order valence-corrected chi connectivity index (χ1v) is 4.90. The van der Waals surface area contributed by atoms with Gasteiger partial charge in [-0.15, -0.1) is 17.8 Å². The van der Waals surface area contributed by atoms with Crippen molar-refractivity contribution in [3.8, 4) is 12.3 Å². The Hall–Kier alpha value is -1.80. The van der Waals surface area contributed by atoms with E-state index in [0.29, 0.717) is 4.88 Å². The smallest absolute Gasteiger partial charge is 0.345 e. The summed E-state index contributed by atoms with van der Waals surface area (Å²) in [7, 11) is 1.57. The van der Waals surface area contributed by atoms with Crippen LogP contribution in [0.4, 0.5) is 0 Å². The molecule has 1 aromatic rings. The second kappa shape index (κ2) is 4.62. The first kappa shape index (κ1) is 11.3. The van der Waals surface area contributed by atoms with Crippen LogP contribution in [0.1, 0.15) is 19.3 Å². The standard InChI is InChI=1S/C10H9NO3S/c1-3-6-11(2)9(12)7-4-5-8(15-7)10(13)14/h1,4-5H,6H2,2H3,(H,13,14). The average molecular weight is 223 g/mol. The monoisotopic (exact) mass is 223 g/mol. The Morgan fingerprint density at radius 3 is 2.60 bits per heavy atom. The molecule has 0 atom stereocenters. The molecule has 0 spiro atoms. The van der Waals surface area contributed by atoms with Gasteiger partial charge in [-0.05, 0) is 12.1 Å². The van der Waals surface area contributed by atoms with Crippen molar-refractivity contribution in [2.45, 2.75) is 0 Å². The van der Waals surface area contributed by atoms with E-state index < -0.39 is 5.97 Å². The predicted octanol–water partition coefficient (Wildman–Crippen LogP) is 1.15.